The molecule has 0 fully saturated rings. The second-order valence-corrected chi connectivity index (χ2v) is 7.38. The highest BCUT2D eigenvalue weighted by Gasteiger charge is 2.30. The van der Waals surface area contributed by atoms with Gasteiger partial charge >= 0.3 is 6.18 Å². The van der Waals surface area contributed by atoms with Gasteiger partial charge in [0.15, 0.2) is 5.82 Å². The Hall–Kier alpha value is -3.17. The molecule has 1 amide bonds. The second-order valence-electron chi connectivity index (χ2n) is 7.38. The third kappa shape index (κ3) is 4.69. The molecule has 0 radical (unpaired) electrons. The van der Waals surface area contributed by atoms with Crippen molar-refractivity contribution in [1.29, 1.82) is 0 Å². The minimum absolute atomic E-state index is 0.152. The zero-order valence-electron chi connectivity index (χ0n) is 17.2. The second kappa shape index (κ2) is 8.29. The van der Waals surface area contributed by atoms with Crippen molar-refractivity contribution in [3.63, 3.8) is 0 Å². The van der Waals surface area contributed by atoms with Gasteiger partial charge in [-0.1, -0.05) is 6.92 Å². The molecule has 0 aromatic carbocycles. The first-order valence-electron chi connectivity index (χ1n) is 9.43. The summed E-state index contributed by atoms with van der Waals surface area (Å²) in [6.45, 7) is 8.72. The minimum Gasteiger partial charge on any atom is -0.352 e. The van der Waals surface area contributed by atoms with E-state index in [9.17, 15) is 18.0 Å². The van der Waals surface area contributed by atoms with E-state index in [4.69, 9.17) is 0 Å². The highest BCUT2D eigenvalue weighted by molar-refractivity contribution is 5.95. The van der Waals surface area contributed by atoms with Crippen LogP contribution >= 0.6 is 0 Å². The number of amides is 1. The Morgan fingerprint density at radius 2 is 1.93 bits per heavy atom. The van der Waals surface area contributed by atoms with Gasteiger partial charge in [-0.15, -0.1) is 0 Å². The average molecular weight is 420 g/mol. The van der Waals surface area contributed by atoms with Gasteiger partial charge < -0.3 is 5.32 Å². The number of aromatic nitrogens is 5. The Morgan fingerprint density at radius 1 is 1.20 bits per heavy atom. The van der Waals surface area contributed by atoms with Crippen molar-refractivity contribution in [1.82, 2.24) is 29.9 Å². The van der Waals surface area contributed by atoms with Crippen LogP contribution in [-0.2, 0) is 12.7 Å². The average Bonchev–Trinajstić information content (AvgIpc) is 3.20. The van der Waals surface area contributed by atoms with E-state index in [0.29, 0.717) is 24.3 Å². The fourth-order valence-corrected chi connectivity index (χ4v) is 3.12. The summed E-state index contributed by atoms with van der Waals surface area (Å²) in [6.07, 6.45) is -2.33. The van der Waals surface area contributed by atoms with Gasteiger partial charge in [-0.05, 0) is 44.9 Å². The van der Waals surface area contributed by atoms with Crippen LogP contribution in [0.5, 0.6) is 0 Å². The first-order chi connectivity index (χ1) is 14.1. The van der Waals surface area contributed by atoms with Gasteiger partial charge in [0, 0.05) is 25.0 Å². The summed E-state index contributed by atoms with van der Waals surface area (Å²) in [5, 5.41) is 11.4. The fourth-order valence-electron chi connectivity index (χ4n) is 3.12. The summed E-state index contributed by atoms with van der Waals surface area (Å²) in [7, 11) is 0. The molecule has 0 aliphatic heterocycles. The van der Waals surface area contributed by atoms with E-state index in [1.165, 1.54) is 16.9 Å². The molecule has 3 aromatic rings. The van der Waals surface area contributed by atoms with Gasteiger partial charge in [0.1, 0.15) is 0 Å². The Labute approximate surface area is 171 Å². The minimum atomic E-state index is -4.46. The highest BCUT2D eigenvalue weighted by Crippen LogP contribution is 2.28. The molecule has 1 N–H and O–H groups in total. The number of nitrogens with zero attached hydrogens (tertiary/aromatic N) is 5. The molecule has 30 heavy (non-hydrogen) atoms. The molecule has 1 unspecified atom stereocenters. The molecule has 3 aromatic heterocycles. The lowest BCUT2D eigenvalue weighted by Crippen LogP contribution is -2.30. The number of carbonyl (C=O) groups excluding carboxylic acids is 1. The topological polar surface area (TPSA) is 77.6 Å². The number of alkyl halides is 3. The van der Waals surface area contributed by atoms with Crippen LogP contribution in [0.2, 0.25) is 0 Å². The summed E-state index contributed by atoms with van der Waals surface area (Å²) in [6, 6.07) is 4.16. The van der Waals surface area contributed by atoms with Crippen LogP contribution < -0.4 is 5.32 Å². The monoisotopic (exact) mass is 420 g/mol. The molecule has 10 heteroatoms. The predicted octanol–water partition coefficient (Wildman–Crippen LogP) is 3.47. The summed E-state index contributed by atoms with van der Waals surface area (Å²) >= 11 is 0. The Balaban J connectivity index is 1.65. The van der Waals surface area contributed by atoms with E-state index < -0.39 is 11.7 Å². The standard InChI is InChI=1S/C20H23F3N6O/c1-12(11-28-14(3)7-13(2)27-28)8-25-19(30)17-10-26-29(15(17)4)18-6-5-16(9-24-18)20(21,22)23/h5-7,9-10,12H,8,11H2,1-4H3,(H,25,30). The molecular formula is C20H23F3N6O. The van der Waals surface area contributed by atoms with Crippen LogP contribution in [0.4, 0.5) is 13.2 Å². The molecule has 1 atom stereocenters. The molecule has 3 rings (SSSR count). The molecule has 0 aliphatic rings. The number of rotatable bonds is 6. The maximum atomic E-state index is 12.7. The smallest absolute Gasteiger partial charge is 0.352 e. The number of carbonyl (C=O) groups is 1. The Kier molecular flexibility index (Phi) is 5.95. The zero-order valence-corrected chi connectivity index (χ0v) is 17.2. The quantitative estimate of drug-likeness (QED) is 0.662. The van der Waals surface area contributed by atoms with Crippen LogP contribution in [0.1, 0.15) is 39.9 Å². The molecule has 3 heterocycles. The van der Waals surface area contributed by atoms with Crippen LogP contribution in [0, 0.1) is 26.7 Å². The van der Waals surface area contributed by atoms with Gasteiger partial charge in [0.2, 0.25) is 0 Å². The third-order valence-corrected chi connectivity index (χ3v) is 4.75. The molecule has 0 aliphatic carbocycles. The van der Waals surface area contributed by atoms with E-state index in [-0.39, 0.29) is 17.6 Å². The van der Waals surface area contributed by atoms with Gasteiger partial charge in [-0.3, -0.25) is 9.48 Å². The van der Waals surface area contributed by atoms with Crippen LogP contribution in [0.25, 0.3) is 5.82 Å². The van der Waals surface area contributed by atoms with Crippen molar-refractivity contribution in [2.45, 2.75) is 40.4 Å². The van der Waals surface area contributed by atoms with E-state index in [0.717, 1.165) is 23.7 Å². The molecule has 7 nitrogen and oxygen atoms in total. The van der Waals surface area contributed by atoms with E-state index >= 15 is 0 Å². The van der Waals surface area contributed by atoms with Gasteiger partial charge in [0.05, 0.1) is 28.7 Å². The molecule has 0 spiro atoms. The van der Waals surface area contributed by atoms with E-state index in [1.807, 2.05) is 31.5 Å². The number of halogens is 3. The lowest BCUT2D eigenvalue weighted by Gasteiger charge is -2.14. The molecule has 0 bridgehead atoms. The molecule has 0 saturated carbocycles. The SMILES string of the molecule is Cc1cc(C)n(CC(C)CNC(=O)c2cnn(-c3ccc(C(F)(F)F)cn3)c2C)n1. The van der Waals surface area contributed by atoms with Crippen molar-refractivity contribution in [2.24, 2.45) is 5.92 Å². The summed E-state index contributed by atoms with van der Waals surface area (Å²) in [5.74, 6) is 0.0576. The summed E-state index contributed by atoms with van der Waals surface area (Å²) < 4.78 is 41.4. The molecule has 160 valence electrons. The maximum Gasteiger partial charge on any atom is 0.417 e. The third-order valence-electron chi connectivity index (χ3n) is 4.75. The van der Waals surface area contributed by atoms with Gasteiger partial charge in [-0.25, -0.2) is 9.67 Å². The first kappa shape index (κ1) is 21.5. The van der Waals surface area contributed by atoms with Crippen molar-refractivity contribution in [2.75, 3.05) is 6.54 Å². The van der Waals surface area contributed by atoms with Crippen LogP contribution in [-0.4, -0.2) is 37.0 Å². The lowest BCUT2D eigenvalue weighted by atomic mass is 10.1. The maximum absolute atomic E-state index is 12.7. The van der Waals surface area contributed by atoms with Crippen LogP contribution in [0.3, 0.4) is 0 Å². The Bertz CT molecular complexity index is 1040. The molecule has 0 saturated heterocycles. The summed E-state index contributed by atoms with van der Waals surface area (Å²) in [5.41, 5.74) is 2.00. The predicted molar refractivity (Wildman–Crippen MR) is 104 cm³/mol. The number of hydrogen-bond acceptors (Lipinski definition) is 4. The number of pyridine rings is 1. The first-order valence-corrected chi connectivity index (χ1v) is 9.43. The van der Waals surface area contributed by atoms with Crippen molar-refractivity contribution < 1.29 is 18.0 Å². The normalized spacial score (nSPS) is 12.8. The molecular weight excluding hydrogens is 397 g/mol. The lowest BCUT2D eigenvalue weighted by molar-refractivity contribution is -0.137. The van der Waals surface area contributed by atoms with Crippen molar-refractivity contribution in [3.05, 3.63) is 58.8 Å². The summed E-state index contributed by atoms with van der Waals surface area (Å²) in [4.78, 5) is 16.4. The number of hydrogen-bond donors (Lipinski definition) is 1. The largest absolute Gasteiger partial charge is 0.417 e. The van der Waals surface area contributed by atoms with E-state index in [1.54, 1.807) is 6.92 Å². The van der Waals surface area contributed by atoms with Crippen molar-refractivity contribution >= 4 is 5.91 Å². The fraction of sp³-hybridized carbons (Fsp3) is 0.400. The zero-order chi connectivity index (χ0) is 22.1. The Morgan fingerprint density at radius 3 is 2.50 bits per heavy atom. The van der Waals surface area contributed by atoms with E-state index in [2.05, 4.69) is 20.5 Å². The van der Waals surface area contributed by atoms with Gasteiger partial charge in [0.25, 0.3) is 5.91 Å². The van der Waals surface area contributed by atoms with Crippen LogP contribution in [0.15, 0.2) is 30.6 Å². The van der Waals surface area contributed by atoms with Gasteiger partial charge in [-0.2, -0.15) is 23.4 Å². The number of aryl methyl sites for hydroxylation is 2. The van der Waals surface area contributed by atoms with Crippen molar-refractivity contribution in [3.8, 4) is 5.82 Å². The highest BCUT2D eigenvalue weighted by atomic mass is 19.4. The number of nitrogens with one attached hydrogen (secondary N) is 1.